The number of carboxylic acid groups (broad SMARTS) is 1. The average molecular weight is 201 g/mol. The zero-order chi connectivity index (χ0) is 9.84. The molecule has 1 aliphatic rings. The Morgan fingerprint density at radius 3 is 2.69 bits per heavy atom. The van der Waals surface area contributed by atoms with Crippen molar-refractivity contribution in [3.63, 3.8) is 0 Å². The minimum atomic E-state index is -0.955. The fourth-order valence-electron chi connectivity index (χ4n) is 1.19. The molecule has 1 rings (SSSR count). The van der Waals surface area contributed by atoms with E-state index in [2.05, 4.69) is 0 Å². The summed E-state index contributed by atoms with van der Waals surface area (Å²) in [6.45, 7) is 0.730. The summed E-state index contributed by atoms with van der Waals surface area (Å²) < 4.78 is 0. The molecule has 1 aliphatic heterocycles. The van der Waals surface area contributed by atoms with Crippen molar-refractivity contribution in [2.45, 2.75) is 12.8 Å². The zero-order valence-corrected chi connectivity index (χ0v) is 7.71. The highest BCUT2D eigenvalue weighted by molar-refractivity contribution is 6.30. The Labute approximate surface area is 81.0 Å². The summed E-state index contributed by atoms with van der Waals surface area (Å²) in [4.78, 5) is 11.9. The zero-order valence-electron chi connectivity index (χ0n) is 6.96. The van der Waals surface area contributed by atoms with Crippen LogP contribution in [0.15, 0.2) is 10.6 Å². The molecule has 0 radical (unpaired) electrons. The highest BCUT2D eigenvalue weighted by atomic mass is 35.5. The molecule has 1 amide bonds. The van der Waals surface area contributed by atoms with E-state index in [0.717, 1.165) is 0 Å². The Balaban J connectivity index is 2.69. The van der Waals surface area contributed by atoms with Crippen molar-refractivity contribution in [3.8, 4) is 6.07 Å². The fourth-order valence-corrected chi connectivity index (χ4v) is 1.41. The lowest BCUT2D eigenvalue weighted by atomic mass is 10.2. The van der Waals surface area contributed by atoms with Gasteiger partial charge in [0.15, 0.2) is 0 Å². The Morgan fingerprint density at radius 1 is 1.54 bits per heavy atom. The van der Waals surface area contributed by atoms with Gasteiger partial charge in [0.2, 0.25) is 0 Å². The monoisotopic (exact) mass is 200 g/mol. The molecular formula is C8H9ClN2O2. The number of rotatable bonds is 0. The first-order valence-corrected chi connectivity index (χ1v) is 4.28. The van der Waals surface area contributed by atoms with Crippen LogP contribution < -0.4 is 0 Å². The van der Waals surface area contributed by atoms with Crippen LogP contribution in [0.5, 0.6) is 0 Å². The van der Waals surface area contributed by atoms with Crippen LogP contribution in [0.4, 0.5) is 4.79 Å². The number of nitriles is 1. The maximum atomic E-state index is 10.6. The summed E-state index contributed by atoms with van der Waals surface area (Å²) in [7, 11) is 0. The molecule has 0 aromatic rings. The number of hydrogen-bond donors (Lipinski definition) is 1. The second kappa shape index (κ2) is 4.15. The van der Waals surface area contributed by atoms with Gasteiger partial charge in [0, 0.05) is 36.5 Å². The number of halogens is 1. The van der Waals surface area contributed by atoms with Gasteiger partial charge in [-0.15, -0.1) is 0 Å². The van der Waals surface area contributed by atoms with E-state index in [1.807, 2.05) is 6.07 Å². The van der Waals surface area contributed by atoms with Gasteiger partial charge in [0.1, 0.15) is 0 Å². The minimum Gasteiger partial charge on any atom is -0.465 e. The average Bonchev–Trinajstić information content (AvgIpc) is 2.27. The van der Waals surface area contributed by atoms with Crippen molar-refractivity contribution in [2.24, 2.45) is 0 Å². The molecule has 0 atom stereocenters. The summed E-state index contributed by atoms with van der Waals surface area (Å²) in [6.07, 6.45) is -0.0954. The standard InChI is InChI=1S/C8H9ClN2O2/c9-7-2-4-11(8(12)13)3-1-6(7)5-10/h1-4H2,(H,12,13). The van der Waals surface area contributed by atoms with Gasteiger partial charge in [-0.3, -0.25) is 0 Å². The van der Waals surface area contributed by atoms with Crippen LogP contribution in [0.3, 0.4) is 0 Å². The van der Waals surface area contributed by atoms with E-state index in [-0.39, 0.29) is 0 Å². The Hall–Kier alpha value is -1.21. The Bertz CT molecular complexity index is 293. The third-order valence-electron chi connectivity index (χ3n) is 1.97. The highest BCUT2D eigenvalue weighted by Crippen LogP contribution is 2.20. The normalized spacial score (nSPS) is 18.0. The van der Waals surface area contributed by atoms with Gasteiger partial charge in [-0.2, -0.15) is 5.26 Å². The molecule has 1 N–H and O–H groups in total. The summed E-state index contributed by atoms with van der Waals surface area (Å²) in [5, 5.41) is 17.8. The Kier molecular flexibility index (Phi) is 3.15. The van der Waals surface area contributed by atoms with Gasteiger partial charge >= 0.3 is 6.09 Å². The van der Waals surface area contributed by atoms with Crippen LogP contribution in [-0.2, 0) is 0 Å². The van der Waals surface area contributed by atoms with Gasteiger partial charge in [0.05, 0.1) is 6.07 Å². The molecule has 1 heterocycles. The summed E-state index contributed by atoms with van der Waals surface area (Å²) in [5.41, 5.74) is 0.505. The van der Waals surface area contributed by atoms with E-state index in [1.165, 1.54) is 4.90 Å². The molecule has 0 fully saturated rings. The van der Waals surface area contributed by atoms with Gasteiger partial charge in [-0.25, -0.2) is 4.79 Å². The first-order valence-electron chi connectivity index (χ1n) is 3.90. The van der Waals surface area contributed by atoms with Crippen molar-refractivity contribution < 1.29 is 9.90 Å². The van der Waals surface area contributed by atoms with Crippen molar-refractivity contribution in [1.29, 1.82) is 5.26 Å². The molecular weight excluding hydrogens is 192 g/mol. The molecule has 70 valence electrons. The fraction of sp³-hybridized carbons (Fsp3) is 0.500. The third kappa shape index (κ3) is 2.36. The van der Waals surface area contributed by atoms with Crippen LogP contribution in [0.2, 0.25) is 0 Å². The van der Waals surface area contributed by atoms with Crippen molar-refractivity contribution in [2.75, 3.05) is 13.1 Å². The number of hydrogen-bond acceptors (Lipinski definition) is 2. The lowest BCUT2D eigenvalue weighted by Gasteiger charge is -2.15. The maximum absolute atomic E-state index is 10.6. The van der Waals surface area contributed by atoms with E-state index in [9.17, 15) is 4.79 Å². The van der Waals surface area contributed by atoms with Gasteiger partial charge in [-0.05, 0) is 0 Å². The molecule has 13 heavy (non-hydrogen) atoms. The van der Waals surface area contributed by atoms with Crippen molar-refractivity contribution >= 4 is 17.7 Å². The first kappa shape index (κ1) is 9.87. The number of nitrogens with zero attached hydrogens (tertiary/aromatic N) is 2. The molecule has 0 bridgehead atoms. The second-order valence-corrected chi connectivity index (χ2v) is 3.22. The molecule has 5 heteroatoms. The predicted octanol–water partition coefficient (Wildman–Crippen LogP) is 1.78. The van der Waals surface area contributed by atoms with Crippen LogP contribution in [0, 0.1) is 11.3 Å². The SMILES string of the molecule is N#CC1=C(Cl)CCN(C(=O)O)CC1. The summed E-state index contributed by atoms with van der Waals surface area (Å²) >= 11 is 5.79. The third-order valence-corrected chi connectivity index (χ3v) is 2.38. The van der Waals surface area contributed by atoms with E-state index in [1.54, 1.807) is 0 Å². The molecule has 0 aliphatic carbocycles. The minimum absolute atomic E-state index is 0.356. The largest absolute Gasteiger partial charge is 0.465 e. The van der Waals surface area contributed by atoms with E-state index < -0.39 is 6.09 Å². The Morgan fingerprint density at radius 2 is 2.15 bits per heavy atom. The van der Waals surface area contributed by atoms with E-state index in [0.29, 0.717) is 36.5 Å². The molecule has 4 nitrogen and oxygen atoms in total. The molecule has 0 spiro atoms. The molecule has 0 aromatic heterocycles. The van der Waals surface area contributed by atoms with E-state index in [4.69, 9.17) is 22.0 Å². The van der Waals surface area contributed by atoms with Crippen molar-refractivity contribution in [3.05, 3.63) is 10.6 Å². The van der Waals surface area contributed by atoms with Crippen LogP contribution in [-0.4, -0.2) is 29.2 Å². The quantitative estimate of drug-likeness (QED) is 0.648. The van der Waals surface area contributed by atoms with Gasteiger partial charge < -0.3 is 10.0 Å². The number of carbonyl (C=O) groups is 1. The van der Waals surface area contributed by atoms with Gasteiger partial charge in [-0.1, -0.05) is 11.6 Å². The molecule has 0 aromatic carbocycles. The van der Waals surface area contributed by atoms with Crippen LogP contribution in [0.25, 0.3) is 0 Å². The molecule has 0 saturated heterocycles. The lowest BCUT2D eigenvalue weighted by molar-refractivity contribution is 0.147. The van der Waals surface area contributed by atoms with Crippen molar-refractivity contribution in [1.82, 2.24) is 4.90 Å². The summed E-state index contributed by atoms with van der Waals surface area (Å²) in [6, 6.07) is 1.98. The second-order valence-electron chi connectivity index (χ2n) is 2.76. The van der Waals surface area contributed by atoms with E-state index >= 15 is 0 Å². The summed E-state index contributed by atoms with van der Waals surface area (Å²) in [5.74, 6) is 0. The number of amides is 1. The molecule has 0 saturated carbocycles. The van der Waals surface area contributed by atoms with Gasteiger partial charge in [0.25, 0.3) is 0 Å². The predicted molar refractivity (Wildman–Crippen MR) is 47.3 cm³/mol. The smallest absolute Gasteiger partial charge is 0.407 e. The molecule has 0 unspecified atom stereocenters. The maximum Gasteiger partial charge on any atom is 0.407 e. The lowest BCUT2D eigenvalue weighted by Crippen LogP contribution is -2.30. The van der Waals surface area contributed by atoms with Crippen LogP contribution >= 0.6 is 11.6 Å². The highest BCUT2D eigenvalue weighted by Gasteiger charge is 2.18. The first-order chi connectivity index (χ1) is 6.15. The topological polar surface area (TPSA) is 64.3 Å². The van der Waals surface area contributed by atoms with Crippen LogP contribution in [0.1, 0.15) is 12.8 Å².